The fourth-order valence-corrected chi connectivity index (χ4v) is 1.93. The second-order valence-corrected chi connectivity index (χ2v) is 4.77. The van der Waals surface area contributed by atoms with E-state index < -0.39 is 0 Å². The Morgan fingerprint density at radius 2 is 1.72 bits per heavy atom. The Morgan fingerprint density at radius 1 is 1.06 bits per heavy atom. The molecule has 0 N–H and O–H groups in total. The Kier molecular flexibility index (Phi) is 4.21. The smallest absolute Gasteiger partial charge is 0.128 e. The Balaban J connectivity index is 2.06. The minimum Gasteiger partial charge on any atom is -0.355 e. The molecule has 0 atom stereocenters. The summed E-state index contributed by atoms with van der Waals surface area (Å²) in [7, 11) is 2.04. The van der Waals surface area contributed by atoms with Crippen LogP contribution in [0.5, 0.6) is 0 Å². The third kappa shape index (κ3) is 3.23. The first kappa shape index (κ1) is 12.9. The fourth-order valence-electron chi connectivity index (χ4n) is 1.77. The van der Waals surface area contributed by atoms with Crippen molar-refractivity contribution in [3.8, 4) is 0 Å². The second kappa shape index (κ2) is 5.87. The van der Waals surface area contributed by atoms with Crippen LogP contribution >= 0.6 is 11.6 Å². The van der Waals surface area contributed by atoms with Crippen LogP contribution < -0.4 is 4.90 Å². The van der Waals surface area contributed by atoms with Gasteiger partial charge in [0.1, 0.15) is 5.82 Å². The van der Waals surface area contributed by atoms with Crippen molar-refractivity contribution in [1.29, 1.82) is 0 Å². The number of benzene rings is 1. The van der Waals surface area contributed by atoms with Gasteiger partial charge in [-0.15, -0.1) is 11.6 Å². The lowest BCUT2D eigenvalue weighted by atomic mass is 10.1. The number of pyridine rings is 1. The molecule has 0 spiro atoms. The van der Waals surface area contributed by atoms with Gasteiger partial charge in [-0.2, -0.15) is 0 Å². The van der Waals surface area contributed by atoms with Crippen LogP contribution in [0, 0.1) is 6.92 Å². The summed E-state index contributed by atoms with van der Waals surface area (Å²) in [5, 5.41) is 0. The number of halogens is 1. The van der Waals surface area contributed by atoms with Gasteiger partial charge in [0, 0.05) is 25.7 Å². The van der Waals surface area contributed by atoms with E-state index in [1.807, 2.05) is 25.4 Å². The SMILES string of the molecule is Cc1ccc(CN(C)c2ccc(CCl)cn2)cc1. The molecule has 1 aromatic carbocycles. The highest BCUT2D eigenvalue weighted by Gasteiger charge is 2.03. The van der Waals surface area contributed by atoms with E-state index in [4.69, 9.17) is 11.6 Å². The van der Waals surface area contributed by atoms with Crippen LogP contribution in [0.2, 0.25) is 0 Å². The molecule has 0 aliphatic carbocycles. The van der Waals surface area contributed by atoms with Crippen LogP contribution in [0.4, 0.5) is 5.82 Å². The van der Waals surface area contributed by atoms with E-state index in [1.165, 1.54) is 11.1 Å². The van der Waals surface area contributed by atoms with Gasteiger partial charge in [-0.05, 0) is 24.1 Å². The predicted octanol–water partition coefficient (Wildman–Crippen LogP) is 3.77. The van der Waals surface area contributed by atoms with Gasteiger partial charge in [0.05, 0.1) is 0 Å². The average molecular weight is 261 g/mol. The van der Waals surface area contributed by atoms with Gasteiger partial charge in [0.2, 0.25) is 0 Å². The zero-order valence-electron chi connectivity index (χ0n) is 10.7. The fraction of sp³-hybridized carbons (Fsp3) is 0.267. The highest BCUT2D eigenvalue weighted by Crippen LogP contribution is 2.14. The zero-order chi connectivity index (χ0) is 13.0. The molecule has 0 saturated heterocycles. The molecule has 0 fully saturated rings. The molecule has 0 amide bonds. The Morgan fingerprint density at radius 3 is 2.28 bits per heavy atom. The minimum absolute atomic E-state index is 0.509. The lowest BCUT2D eigenvalue weighted by molar-refractivity contribution is 0.896. The molecule has 18 heavy (non-hydrogen) atoms. The van der Waals surface area contributed by atoms with E-state index in [0.717, 1.165) is 17.9 Å². The number of nitrogens with zero attached hydrogens (tertiary/aromatic N) is 2. The highest BCUT2D eigenvalue weighted by molar-refractivity contribution is 6.17. The summed E-state index contributed by atoms with van der Waals surface area (Å²) >= 11 is 5.75. The molecular weight excluding hydrogens is 244 g/mol. The van der Waals surface area contributed by atoms with E-state index in [2.05, 4.69) is 41.1 Å². The number of alkyl halides is 1. The lowest BCUT2D eigenvalue weighted by Crippen LogP contribution is -2.17. The van der Waals surface area contributed by atoms with Gasteiger partial charge in [0.25, 0.3) is 0 Å². The van der Waals surface area contributed by atoms with Crippen molar-refractivity contribution in [3.63, 3.8) is 0 Å². The molecule has 94 valence electrons. The summed E-state index contributed by atoms with van der Waals surface area (Å²) in [4.78, 5) is 6.53. The summed E-state index contributed by atoms with van der Waals surface area (Å²) in [5.74, 6) is 1.47. The topological polar surface area (TPSA) is 16.1 Å². The molecule has 0 saturated carbocycles. The van der Waals surface area contributed by atoms with Gasteiger partial charge >= 0.3 is 0 Å². The minimum atomic E-state index is 0.509. The monoisotopic (exact) mass is 260 g/mol. The number of aryl methyl sites for hydroxylation is 1. The summed E-state index contributed by atoms with van der Waals surface area (Å²) in [6.45, 7) is 2.95. The Bertz CT molecular complexity index is 491. The Hall–Kier alpha value is -1.54. The summed E-state index contributed by atoms with van der Waals surface area (Å²) in [6, 6.07) is 12.6. The van der Waals surface area contributed by atoms with Crippen molar-refractivity contribution in [2.75, 3.05) is 11.9 Å². The van der Waals surface area contributed by atoms with Crippen molar-refractivity contribution in [2.24, 2.45) is 0 Å². The molecule has 0 bridgehead atoms. The molecule has 2 rings (SSSR count). The molecule has 1 aromatic heterocycles. The molecular formula is C15H17ClN2. The molecule has 0 radical (unpaired) electrons. The van der Waals surface area contributed by atoms with E-state index in [9.17, 15) is 0 Å². The maximum absolute atomic E-state index is 5.75. The number of hydrogen-bond donors (Lipinski definition) is 0. The van der Waals surface area contributed by atoms with E-state index in [-0.39, 0.29) is 0 Å². The van der Waals surface area contributed by atoms with Crippen molar-refractivity contribution < 1.29 is 0 Å². The molecule has 0 aliphatic heterocycles. The van der Waals surface area contributed by atoms with Crippen molar-refractivity contribution in [1.82, 2.24) is 4.98 Å². The third-order valence-electron chi connectivity index (χ3n) is 2.89. The zero-order valence-corrected chi connectivity index (χ0v) is 11.5. The van der Waals surface area contributed by atoms with Crippen LogP contribution in [-0.4, -0.2) is 12.0 Å². The van der Waals surface area contributed by atoms with Crippen LogP contribution in [0.1, 0.15) is 16.7 Å². The molecule has 1 heterocycles. The van der Waals surface area contributed by atoms with Gasteiger partial charge in [-0.1, -0.05) is 35.9 Å². The molecule has 2 aromatic rings. The third-order valence-corrected chi connectivity index (χ3v) is 3.20. The normalized spacial score (nSPS) is 10.4. The molecule has 0 unspecified atom stereocenters. The van der Waals surface area contributed by atoms with Crippen LogP contribution in [-0.2, 0) is 12.4 Å². The average Bonchev–Trinajstić information content (AvgIpc) is 2.41. The second-order valence-electron chi connectivity index (χ2n) is 4.50. The highest BCUT2D eigenvalue weighted by atomic mass is 35.5. The van der Waals surface area contributed by atoms with Crippen molar-refractivity contribution in [2.45, 2.75) is 19.3 Å². The van der Waals surface area contributed by atoms with Crippen molar-refractivity contribution in [3.05, 3.63) is 59.3 Å². The molecule has 3 heteroatoms. The van der Waals surface area contributed by atoms with Crippen LogP contribution in [0.15, 0.2) is 42.6 Å². The van der Waals surface area contributed by atoms with Gasteiger partial charge < -0.3 is 4.90 Å². The first-order valence-electron chi connectivity index (χ1n) is 5.96. The maximum Gasteiger partial charge on any atom is 0.128 e. The summed E-state index contributed by atoms with van der Waals surface area (Å²) in [6.07, 6.45) is 1.83. The maximum atomic E-state index is 5.75. The number of aromatic nitrogens is 1. The van der Waals surface area contributed by atoms with Gasteiger partial charge in [-0.25, -0.2) is 4.98 Å². The van der Waals surface area contributed by atoms with Gasteiger partial charge in [0.15, 0.2) is 0 Å². The van der Waals surface area contributed by atoms with E-state index >= 15 is 0 Å². The predicted molar refractivity (Wildman–Crippen MR) is 77.1 cm³/mol. The lowest BCUT2D eigenvalue weighted by Gasteiger charge is -2.18. The Labute approximate surface area is 113 Å². The standard InChI is InChI=1S/C15H17ClN2/c1-12-3-5-13(6-4-12)11-18(2)15-8-7-14(9-16)10-17-15/h3-8,10H,9,11H2,1-2H3. The van der Waals surface area contributed by atoms with E-state index in [1.54, 1.807) is 0 Å². The van der Waals surface area contributed by atoms with Gasteiger partial charge in [-0.3, -0.25) is 0 Å². The van der Waals surface area contributed by atoms with E-state index in [0.29, 0.717) is 5.88 Å². The van der Waals surface area contributed by atoms with Crippen molar-refractivity contribution >= 4 is 17.4 Å². The van der Waals surface area contributed by atoms with Crippen LogP contribution in [0.25, 0.3) is 0 Å². The first-order chi connectivity index (χ1) is 8.69. The molecule has 0 aliphatic rings. The number of hydrogen-bond acceptors (Lipinski definition) is 2. The number of anilines is 1. The first-order valence-corrected chi connectivity index (χ1v) is 6.50. The molecule has 2 nitrogen and oxygen atoms in total. The van der Waals surface area contributed by atoms with Crippen LogP contribution in [0.3, 0.4) is 0 Å². The quantitative estimate of drug-likeness (QED) is 0.778. The summed E-state index contributed by atoms with van der Waals surface area (Å²) in [5.41, 5.74) is 3.61. The largest absolute Gasteiger partial charge is 0.355 e. The number of rotatable bonds is 4. The summed E-state index contributed by atoms with van der Waals surface area (Å²) < 4.78 is 0.